The molecule has 3 atom stereocenters. The summed E-state index contributed by atoms with van der Waals surface area (Å²) in [5.74, 6) is -0.0957. The molecule has 2 aromatic carbocycles. The predicted molar refractivity (Wildman–Crippen MR) is 122 cm³/mol. The third kappa shape index (κ3) is 7.09. The lowest BCUT2D eigenvalue weighted by molar-refractivity contribution is -0.0869. The van der Waals surface area contributed by atoms with Crippen LogP contribution in [0.3, 0.4) is 0 Å². The van der Waals surface area contributed by atoms with Gasteiger partial charge >= 0.3 is 0 Å². The van der Waals surface area contributed by atoms with Gasteiger partial charge in [0.2, 0.25) is 20.0 Å². The van der Waals surface area contributed by atoms with Gasteiger partial charge in [-0.05, 0) is 43.9 Å². The van der Waals surface area contributed by atoms with Gasteiger partial charge < -0.3 is 9.84 Å². The van der Waals surface area contributed by atoms with Crippen LogP contribution < -0.4 is 9.44 Å². The summed E-state index contributed by atoms with van der Waals surface area (Å²) >= 11 is 0. The lowest BCUT2D eigenvalue weighted by Gasteiger charge is -2.36. The maximum atomic E-state index is 12.7. The topological polar surface area (TPSA) is 122 Å². The molecule has 1 saturated heterocycles. The molecule has 0 spiro atoms. The molecular formula is C22H30N2O6S2. The van der Waals surface area contributed by atoms with E-state index in [1.54, 1.807) is 48.5 Å². The molecule has 0 bridgehead atoms. The number of ether oxygens (including phenoxy) is 1. The van der Waals surface area contributed by atoms with E-state index >= 15 is 0 Å². The molecule has 8 nitrogen and oxygen atoms in total. The number of aryl methyl sites for hydroxylation is 1. The van der Waals surface area contributed by atoms with Crippen LogP contribution in [0.15, 0.2) is 59.5 Å². The van der Waals surface area contributed by atoms with Crippen molar-refractivity contribution in [3.05, 3.63) is 65.7 Å². The second-order valence-corrected chi connectivity index (χ2v) is 11.5. The molecule has 2 aromatic rings. The third-order valence-electron chi connectivity index (χ3n) is 5.42. The fraction of sp³-hybridized carbons (Fsp3) is 0.455. The second-order valence-electron chi connectivity index (χ2n) is 8.02. The number of hydrogen-bond donors (Lipinski definition) is 3. The van der Waals surface area contributed by atoms with Crippen molar-refractivity contribution in [2.45, 2.75) is 55.1 Å². The summed E-state index contributed by atoms with van der Waals surface area (Å²) in [4.78, 5) is 0.162. The van der Waals surface area contributed by atoms with Crippen molar-refractivity contribution in [1.82, 2.24) is 9.44 Å². The van der Waals surface area contributed by atoms with Gasteiger partial charge in [-0.2, -0.15) is 0 Å². The van der Waals surface area contributed by atoms with Gasteiger partial charge in [-0.3, -0.25) is 0 Å². The van der Waals surface area contributed by atoms with Crippen molar-refractivity contribution in [2.75, 3.05) is 13.2 Å². The Labute approximate surface area is 190 Å². The van der Waals surface area contributed by atoms with E-state index < -0.39 is 32.2 Å². The van der Waals surface area contributed by atoms with Gasteiger partial charge in [-0.1, -0.05) is 48.0 Å². The number of sulfonamides is 2. The first-order chi connectivity index (χ1) is 15.2. The van der Waals surface area contributed by atoms with Crippen LogP contribution in [0, 0.1) is 6.92 Å². The Morgan fingerprint density at radius 2 is 1.69 bits per heavy atom. The molecule has 0 radical (unpaired) electrons. The van der Waals surface area contributed by atoms with Gasteiger partial charge in [0.1, 0.15) is 0 Å². The normalized spacial score (nSPS) is 22.0. The molecule has 176 valence electrons. The van der Waals surface area contributed by atoms with Gasteiger partial charge in [0.15, 0.2) is 0 Å². The minimum absolute atomic E-state index is 0.0957. The van der Waals surface area contributed by atoms with Crippen molar-refractivity contribution >= 4 is 20.0 Å². The molecular weight excluding hydrogens is 452 g/mol. The van der Waals surface area contributed by atoms with Crippen LogP contribution in [0.25, 0.3) is 0 Å². The van der Waals surface area contributed by atoms with Crippen LogP contribution in [-0.4, -0.2) is 53.3 Å². The first kappa shape index (κ1) is 24.8. The van der Waals surface area contributed by atoms with Crippen molar-refractivity contribution < 1.29 is 26.7 Å². The molecule has 1 heterocycles. The van der Waals surface area contributed by atoms with E-state index in [1.807, 2.05) is 13.0 Å². The molecule has 0 amide bonds. The highest BCUT2D eigenvalue weighted by atomic mass is 32.2. The Kier molecular flexibility index (Phi) is 8.43. The largest absolute Gasteiger partial charge is 0.394 e. The number of aliphatic hydroxyl groups is 1. The fourth-order valence-corrected chi connectivity index (χ4v) is 6.14. The van der Waals surface area contributed by atoms with Crippen LogP contribution in [-0.2, 0) is 30.5 Å². The number of hydrogen-bond acceptors (Lipinski definition) is 6. The first-order valence-corrected chi connectivity index (χ1v) is 13.7. The highest BCUT2D eigenvalue weighted by Crippen LogP contribution is 2.23. The Hall–Kier alpha value is -1.82. The van der Waals surface area contributed by atoms with Gasteiger partial charge in [0.05, 0.1) is 35.5 Å². The number of benzene rings is 2. The van der Waals surface area contributed by atoms with Crippen LogP contribution in [0.4, 0.5) is 0 Å². The third-order valence-corrected chi connectivity index (χ3v) is 8.28. The van der Waals surface area contributed by atoms with Crippen LogP contribution in [0.1, 0.15) is 30.4 Å². The van der Waals surface area contributed by atoms with E-state index in [0.29, 0.717) is 24.8 Å². The summed E-state index contributed by atoms with van der Waals surface area (Å²) in [7, 11) is -7.21. The van der Waals surface area contributed by atoms with E-state index in [4.69, 9.17) is 4.74 Å². The van der Waals surface area contributed by atoms with E-state index in [2.05, 4.69) is 9.44 Å². The van der Waals surface area contributed by atoms with Crippen LogP contribution in [0.5, 0.6) is 0 Å². The van der Waals surface area contributed by atoms with Gasteiger partial charge in [-0.15, -0.1) is 0 Å². The van der Waals surface area contributed by atoms with E-state index in [-0.39, 0.29) is 29.9 Å². The molecule has 0 saturated carbocycles. The average Bonchev–Trinajstić information content (AvgIpc) is 2.75. The Balaban J connectivity index is 1.50. The Morgan fingerprint density at radius 3 is 2.34 bits per heavy atom. The average molecular weight is 483 g/mol. The summed E-state index contributed by atoms with van der Waals surface area (Å²) in [6.07, 6.45) is 0.499. The summed E-state index contributed by atoms with van der Waals surface area (Å²) in [6.45, 7) is 1.75. The molecule has 1 fully saturated rings. The molecule has 32 heavy (non-hydrogen) atoms. The second kappa shape index (κ2) is 10.9. The zero-order valence-electron chi connectivity index (χ0n) is 18.0. The summed E-state index contributed by atoms with van der Waals surface area (Å²) in [5, 5.41) is 9.73. The molecule has 0 aliphatic carbocycles. The Morgan fingerprint density at radius 1 is 1.00 bits per heavy atom. The monoisotopic (exact) mass is 482 g/mol. The maximum absolute atomic E-state index is 12.7. The van der Waals surface area contributed by atoms with Crippen molar-refractivity contribution in [1.29, 1.82) is 0 Å². The highest BCUT2D eigenvalue weighted by Gasteiger charge is 2.34. The lowest BCUT2D eigenvalue weighted by Crippen LogP contribution is -2.51. The lowest BCUT2D eigenvalue weighted by atomic mass is 9.98. The van der Waals surface area contributed by atoms with Crippen LogP contribution >= 0.6 is 0 Å². The van der Waals surface area contributed by atoms with Gasteiger partial charge in [-0.25, -0.2) is 26.3 Å². The van der Waals surface area contributed by atoms with Crippen molar-refractivity contribution in [3.63, 3.8) is 0 Å². The zero-order chi connectivity index (χ0) is 23.2. The predicted octanol–water partition coefficient (Wildman–Crippen LogP) is 1.69. The van der Waals surface area contributed by atoms with E-state index in [0.717, 1.165) is 5.56 Å². The summed E-state index contributed by atoms with van der Waals surface area (Å²) < 4.78 is 60.9. The van der Waals surface area contributed by atoms with E-state index in [9.17, 15) is 21.9 Å². The summed E-state index contributed by atoms with van der Waals surface area (Å²) in [6, 6.07) is 14.9. The van der Waals surface area contributed by atoms with Crippen molar-refractivity contribution in [2.24, 2.45) is 0 Å². The fourth-order valence-electron chi connectivity index (χ4n) is 3.68. The number of aliphatic hydroxyl groups excluding tert-OH is 1. The molecule has 1 aliphatic heterocycles. The maximum Gasteiger partial charge on any atom is 0.240 e. The number of rotatable bonds is 10. The summed E-state index contributed by atoms with van der Waals surface area (Å²) in [5.41, 5.74) is 1.67. The van der Waals surface area contributed by atoms with Gasteiger partial charge in [0, 0.05) is 6.54 Å². The molecule has 1 aliphatic rings. The SMILES string of the molecule is Cc1ccc(S(=O)(=O)N[C@@H]2CC[C@H](CCNS(=O)(=O)Cc3ccccc3)O[C@H]2CO)cc1. The molecule has 0 aromatic heterocycles. The molecule has 3 rings (SSSR count). The van der Waals surface area contributed by atoms with E-state index in [1.165, 1.54) is 0 Å². The standard InChI is InChI=1S/C22H30N2O6S2/c1-17-7-10-20(11-8-17)32(28,29)24-21-12-9-19(30-22(21)15-25)13-14-23-31(26,27)16-18-5-3-2-4-6-18/h2-8,10-11,19,21-25H,9,12-16H2,1H3/t19-,21-,22+/m1/s1. The zero-order valence-corrected chi connectivity index (χ0v) is 19.6. The Bertz CT molecular complexity index is 1070. The highest BCUT2D eigenvalue weighted by molar-refractivity contribution is 7.89. The minimum atomic E-state index is -3.74. The quantitative estimate of drug-likeness (QED) is 0.474. The smallest absolute Gasteiger partial charge is 0.240 e. The molecule has 3 N–H and O–H groups in total. The first-order valence-electron chi connectivity index (χ1n) is 10.5. The number of nitrogens with one attached hydrogen (secondary N) is 2. The molecule has 10 heteroatoms. The van der Waals surface area contributed by atoms with Crippen LogP contribution in [0.2, 0.25) is 0 Å². The van der Waals surface area contributed by atoms with Gasteiger partial charge in [0.25, 0.3) is 0 Å². The molecule has 0 unspecified atom stereocenters. The van der Waals surface area contributed by atoms with Crippen molar-refractivity contribution in [3.8, 4) is 0 Å². The minimum Gasteiger partial charge on any atom is -0.394 e.